The van der Waals surface area contributed by atoms with E-state index in [1.165, 1.54) is 6.92 Å². The molecule has 0 saturated carbocycles. The normalized spacial score (nSPS) is 10.2. The molecule has 136 valence electrons. The number of ketones is 1. The molecule has 0 N–H and O–H groups in total. The minimum atomic E-state index is -2.88. The molecule has 0 aliphatic rings. The number of hydrogen-bond acceptors (Lipinski definition) is 5. The highest BCUT2D eigenvalue weighted by Gasteiger charge is 2.29. The average molecular weight is 365 g/mol. The van der Waals surface area contributed by atoms with E-state index in [2.05, 4.69) is 14.5 Å². The van der Waals surface area contributed by atoms with E-state index < -0.39 is 59.1 Å². The van der Waals surface area contributed by atoms with Gasteiger partial charge >= 0.3 is 5.97 Å². The van der Waals surface area contributed by atoms with E-state index >= 15 is 0 Å². The summed E-state index contributed by atoms with van der Waals surface area (Å²) in [6, 6.07) is 0.198. The molecular weight excluding hydrogens is 353 g/mol. The van der Waals surface area contributed by atoms with Gasteiger partial charge in [-0.15, -0.1) is 0 Å². The Kier molecular flexibility index (Phi) is 7.25. The number of benzene rings is 1. The molecule has 0 amide bonds. The lowest BCUT2D eigenvalue weighted by Crippen LogP contribution is -2.19. The highest BCUT2D eigenvalue weighted by atomic mass is 19.3. The van der Waals surface area contributed by atoms with Crippen molar-refractivity contribution in [2.45, 2.75) is 13.3 Å². The number of rotatable bonds is 7. The third-order valence-electron chi connectivity index (χ3n) is 2.69. The van der Waals surface area contributed by atoms with Crippen LogP contribution >= 0.6 is 0 Å². The number of carbonyl (C=O) groups is 2. The number of methoxy groups -OCH3 is 1. The minimum Gasteiger partial charge on any atom is -0.491 e. The SMILES string of the molecule is CCOC(=O)C(=C=NCC(F)F)C(=O)c1cc(F)c(F)c(OC)c1F. The van der Waals surface area contributed by atoms with Crippen LogP contribution in [-0.2, 0) is 9.53 Å². The van der Waals surface area contributed by atoms with E-state index in [0.717, 1.165) is 7.11 Å². The van der Waals surface area contributed by atoms with Crippen LogP contribution in [0.1, 0.15) is 17.3 Å². The first kappa shape index (κ1) is 20.3. The molecule has 0 saturated heterocycles. The van der Waals surface area contributed by atoms with Gasteiger partial charge in [0.2, 0.25) is 11.6 Å². The Morgan fingerprint density at radius 3 is 2.40 bits per heavy atom. The zero-order chi connectivity index (χ0) is 19.1. The topological polar surface area (TPSA) is 65.0 Å². The summed E-state index contributed by atoms with van der Waals surface area (Å²) in [7, 11) is 0.835. The molecule has 0 spiro atoms. The molecule has 0 aromatic heterocycles. The Balaban J connectivity index is 3.47. The van der Waals surface area contributed by atoms with Crippen molar-refractivity contribution in [3.8, 4) is 5.75 Å². The molecule has 0 atom stereocenters. The van der Waals surface area contributed by atoms with Gasteiger partial charge in [0, 0.05) is 5.87 Å². The van der Waals surface area contributed by atoms with Crippen molar-refractivity contribution in [1.82, 2.24) is 0 Å². The third-order valence-corrected chi connectivity index (χ3v) is 2.69. The van der Waals surface area contributed by atoms with Gasteiger partial charge in [-0.05, 0) is 13.0 Å². The predicted octanol–water partition coefficient (Wildman–Crippen LogP) is 2.72. The first-order chi connectivity index (χ1) is 11.7. The summed E-state index contributed by atoms with van der Waals surface area (Å²) in [5.41, 5.74) is -2.12. The van der Waals surface area contributed by atoms with Crippen LogP contribution in [-0.4, -0.2) is 44.3 Å². The summed E-state index contributed by atoms with van der Waals surface area (Å²) >= 11 is 0. The Morgan fingerprint density at radius 1 is 1.24 bits per heavy atom. The summed E-state index contributed by atoms with van der Waals surface area (Å²) in [5.74, 6) is -7.13. The largest absolute Gasteiger partial charge is 0.491 e. The highest BCUT2D eigenvalue weighted by Crippen LogP contribution is 2.28. The maximum atomic E-state index is 14.1. The van der Waals surface area contributed by atoms with E-state index in [1.54, 1.807) is 5.87 Å². The molecule has 0 aliphatic carbocycles. The van der Waals surface area contributed by atoms with Crippen LogP contribution in [0.25, 0.3) is 0 Å². The van der Waals surface area contributed by atoms with E-state index in [1.807, 2.05) is 0 Å². The van der Waals surface area contributed by atoms with E-state index in [0.29, 0.717) is 0 Å². The predicted molar refractivity (Wildman–Crippen MR) is 75.7 cm³/mol. The van der Waals surface area contributed by atoms with Crippen LogP contribution in [0.2, 0.25) is 0 Å². The van der Waals surface area contributed by atoms with Crippen molar-refractivity contribution in [3.63, 3.8) is 0 Å². The molecule has 0 aliphatic heterocycles. The van der Waals surface area contributed by atoms with Crippen molar-refractivity contribution >= 4 is 17.6 Å². The van der Waals surface area contributed by atoms with Crippen LogP contribution < -0.4 is 4.74 Å². The summed E-state index contributed by atoms with van der Waals surface area (Å²) in [4.78, 5) is 27.0. The van der Waals surface area contributed by atoms with Gasteiger partial charge in [0.25, 0.3) is 6.43 Å². The lowest BCUT2D eigenvalue weighted by Gasteiger charge is -2.09. The maximum absolute atomic E-state index is 14.1. The lowest BCUT2D eigenvalue weighted by atomic mass is 10.0. The van der Waals surface area contributed by atoms with Crippen molar-refractivity contribution in [2.75, 3.05) is 20.3 Å². The van der Waals surface area contributed by atoms with Crippen molar-refractivity contribution in [2.24, 2.45) is 4.99 Å². The number of Topliss-reactive ketones (excluding diaryl/α,β-unsaturated/α-hetero) is 1. The summed E-state index contributed by atoms with van der Waals surface area (Å²) in [6.45, 7) is 0.104. The Hall–Kier alpha value is -2.74. The van der Waals surface area contributed by atoms with Crippen LogP contribution in [0.5, 0.6) is 5.75 Å². The molecule has 0 bridgehead atoms. The maximum Gasteiger partial charge on any atom is 0.351 e. The Morgan fingerprint density at radius 2 is 1.88 bits per heavy atom. The number of ether oxygens (including phenoxy) is 2. The van der Waals surface area contributed by atoms with Gasteiger partial charge in [-0.3, -0.25) is 4.79 Å². The number of nitrogens with zero attached hydrogens (tertiary/aromatic N) is 1. The Bertz CT molecular complexity index is 742. The molecule has 1 aromatic rings. The van der Waals surface area contributed by atoms with Crippen LogP contribution in [0.4, 0.5) is 22.0 Å². The van der Waals surface area contributed by atoms with Gasteiger partial charge in [0.1, 0.15) is 6.54 Å². The van der Waals surface area contributed by atoms with Crippen molar-refractivity contribution < 1.29 is 41.0 Å². The van der Waals surface area contributed by atoms with Crippen LogP contribution in [0.3, 0.4) is 0 Å². The van der Waals surface area contributed by atoms with Gasteiger partial charge < -0.3 is 9.47 Å². The molecule has 10 heteroatoms. The van der Waals surface area contributed by atoms with Gasteiger partial charge in [-0.1, -0.05) is 0 Å². The number of aliphatic imine (C=N–C) groups is 1. The second-order valence-corrected chi connectivity index (χ2v) is 4.34. The van der Waals surface area contributed by atoms with Crippen molar-refractivity contribution in [3.05, 3.63) is 34.7 Å². The number of carbonyl (C=O) groups excluding carboxylic acids is 2. The Labute approximate surface area is 138 Å². The summed E-state index contributed by atoms with van der Waals surface area (Å²) in [5, 5.41) is 0. The van der Waals surface area contributed by atoms with Gasteiger partial charge in [-0.25, -0.2) is 27.3 Å². The fourth-order valence-electron chi connectivity index (χ4n) is 1.65. The summed E-state index contributed by atoms with van der Waals surface area (Å²) < 4.78 is 74.1. The molecule has 0 heterocycles. The molecule has 25 heavy (non-hydrogen) atoms. The van der Waals surface area contributed by atoms with Gasteiger partial charge in [0.15, 0.2) is 23.0 Å². The lowest BCUT2D eigenvalue weighted by molar-refractivity contribution is -0.137. The van der Waals surface area contributed by atoms with Gasteiger partial charge in [-0.2, -0.15) is 4.39 Å². The molecular formula is C15H12F5NO4. The van der Waals surface area contributed by atoms with Crippen molar-refractivity contribution in [1.29, 1.82) is 0 Å². The number of esters is 1. The van der Waals surface area contributed by atoms with E-state index in [4.69, 9.17) is 0 Å². The number of hydrogen-bond donors (Lipinski definition) is 0. The van der Waals surface area contributed by atoms with Crippen LogP contribution in [0, 0.1) is 17.5 Å². The quantitative estimate of drug-likeness (QED) is 0.109. The molecule has 0 unspecified atom stereocenters. The number of halogens is 5. The minimum absolute atomic E-state index is 0.198. The zero-order valence-corrected chi connectivity index (χ0v) is 13.0. The smallest absolute Gasteiger partial charge is 0.351 e. The van der Waals surface area contributed by atoms with E-state index in [9.17, 15) is 31.5 Å². The standard InChI is InChI=1S/C15H12F5NO4/c1-3-25-15(23)8(5-21-6-10(17)18)13(22)7-4-9(16)12(20)14(24-2)11(7)19/h4,10H,3,6H2,1-2H3. The molecule has 1 rings (SSSR count). The fourth-order valence-corrected chi connectivity index (χ4v) is 1.65. The summed E-state index contributed by atoms with van der Waals surface area (Å²) in [6.07, 6.45) is -2.88. The molecule has 1 aromatic carbocycles. The fraction of sp³-hybridized carbons (Fsp3) is 0.333. The zero-order valence-electron chi connectivity index (χ0n) is 13.0. The first-order valence-electron chi connectivity index (χ1n) is 6.75. The van der Waals surface area contributed by atoms with Crippen LogP contribution in [0.15, 0.2) is 16.6 Å². The second-order valence-electron chi connectivity index (χ2n) is 4.34. The molecule has 0 fully saturated rings. The molecule has 0 radical (unpaired) electrons. The third kappa shape index (κ3) is 4.87. The van der Waals surface area contributed by atoms with E-state index in [-0.39, 0.29) is 12.7 Å². The molecule has 5 nitrogen and oxygen atoms in total. The second kappa shape index (κ2) is 8.93. The monoisotopic (exact) mass is 365 g/mol. The average Bonchev–Trinajstić information content (AvgIpc) is 2.55. The highest BCUT2D eigenvalue weighted by molar-refractivity contribution is 6.29. The van der Waals surface area contributed by atoms with Gasteiger partial charge in [0.05, 0.1) is 19.3 Å². The first-order valence-corrected chi connectivity index (χ1v) is 6.75. The number of alkyl halides is 2.